The van der Waals surface area contributed by atoms with Crippen LogP contribution in [0.2, 0.25) is 0 Å². The van der Waals surface area contributed by atoms with E-state index in [9.17, 15) is 10.1 Å². The average molecular weight is 380 g/mol. The summed E-state index contributed by atoms with van der Waals surface area (Å²) in [6.07, 6.45) is 5.91. The highest BCUT2D eigenvalue weighted by atomic mass is 16.2. The zero-order chi connectivity index (χ0) is 20.1. The van der Waals surface area contributed by atoms with Gasteiger partial charge in [0.15, 0.2) is 6.54 Å². The third-order valence-electron chi connectivity index (χ3n) is 6.05. The molecule has 5 nitrogen and oxygen atoms in total. The molecule has 0 saturated heterocycles. The second-order valence-corrected chi connectivity index (χ2v) is 7.90. The number of amides is 1. The fourth-order valence-electron chi connectivity index (χ4n) is 4.24. The van der Waals surface area contributed by atoms with E-state index in [1.165, 1.54) is 24.8 Å². The van der Waals surface area contributed by atoms with E-state index in [4.69, 9.17) is 0 Å². The van der Waals surface area contributed by atoms with Crippen LogP contribution in [0.3, 0.4) is 0 Å². The molecule has 0 unspecified atom stereocenters. The van der Waals surface area contributed by atoms with Crippen molar-refractivity contribution in [2.75, 3.05) is 11.9 Å². The van der Waals surface area contributed by atoms with Crippen LogP contribution < -0.4 is 10.6 Å². The third kappa shape index (κ3) is 4.28. The maximum Gasteiger partial charge on any atom is 0.280 e. The van der Waals surface area contributed by atoms with Gasteiger partial charge in [-0.05, 0) is 39.2 Å². The molecule has 1 aromatic heterocycles. The summed E-state index contributed by atoms with van der Waals surface area (Å²) < 4.78 is 2.21. The number of nitrogens with one attached hydrogen (secondary N) is 1. The molecule has 1 amide bonds. The number of aromatic nitrogens is 1. The molecule has 0 aliphatic heterocycles. The molecule has 5 heteroatoms. The maximum absolute atomic E-state index is 12.7. The minimum absolute atomic E-state index is 0.0613. The van der Waals surface area contributed by atoms with Crippen molar-refractivity contribution in [3.63, 3.8) is 0 Å². The van der Waals surface area contributed by atoms with Crippen LogP contribution in [0.25, 0.3) is 0 Å². The summed E-state index contributed by atoms with van der Waals surface area (Å²) in [6.45, 7) is 6.47. The second kappa shape index (κ2) is 9.07. The van der Waals surface area contributed by atoms with Crippen molar-refractivity contribution in [3.8, 4) is 6.07 Å². The Morgan fingerprint density at radius 3 is 2.57 bits per heavy atom. The summed E-state index contributed by atoms with van der Waals surface area (Å²) >= 11 is 0. The number of hydrogen-bond acceptors (Lipinski definition) is 2. The van der Waals surface area contributed by atoms with Crippen LogP contribution in [0.1, 0.15) is 73.5 Å². The number of nitrogens with two attached hydrogens (primary N) is 1. The van der Waals surface area contributed by atoms with Gasteiger partial charge in [-0.3, -0.25) is 4.79 Å². The molecule has 0 spiro atoms. The Hall–Kier alpha value is -2.58. The van der Waals surface area contributed by atoms with Crippen molar-refractivity contribution in [3.05, 3.63) is 52.7 Å². The molecule has 148 valence electrons. The molecule has 3 N–H and O–H groups in total. The minimum Gasteiger partial charge on any atom is -0.333 e. The predicted molar refractivity (Wildman–Crippen MR) is 111 cm³/mol. The number of rotatable bonds is 6. The lowest BCUT2D eigenvalue weighted by molar-refractivity contribution is -0.682. The van der Waals surface area contributed by atoms with Crippen LogP contribution in [0, 0.1) is 25.2 Å². The van der Waals surface area contributed by atoms with E-state index in [0.717, 1.165) is 24.1 Å². The Morgan fingerprint density at radius 1 is 1.25 bits per heavy atom. The van der Waals surface area contributed by atoms with Crippen molar-refractivity contribution in [1.29, 1.82) is 5.26 Å². The van der Waals surface area contributed by atoms with Gasteiger partial charge in [-0.2, -0.15) is 5.26 Å². The van der Waals surface area contributed by atoms with E-state index >= 15 is 0 Å². The number of hydrogen-bond donors (Lipinski definition) is 2. The van der Waals surface area contributed by atoms with Crippen LogP contribution >= 0.6 is 0 Å². The standard InChI is InChI=1S/C23H30N4O/c1-16-18(3)27(20-12-8-5-9-13-20)23(21(16)14-24)26-22(28)15-25-17(2)19-10-6-4-7-11-19/h4,6-7,10-11,17,20,25H,5,8-9,12-13,15H2,1-3H3,(H,26,28)/p+1/t17-/m1/s1. The van der Waals surface area contributed by atoms with Crippen molar-refractivity contribution in [2.45, 2.75) is 65.0 Å². The first-order valence-electron chi connectivity index (χ1n) is 10.3. The molecule has 28 heavy (non-hydrogen) atoms. The highest BCUT2D eigenvalue weighted by molar-refractivity contribution is 5.92. The van der Waals surface area contributed by atoms with E-state index in [2.05, 4.69) is 41.9 Å². The number of carbonyl (C=O) groups excluding carboxylic acids is 1. The van der Waals surface area contributed by atoms with Gasteiger partial charge in [0, 0.05) is 17.3 Å². The molecule has 2 aromatic rings. The normalized spacial score (nSPS) is 15.8. The largest absolute Gasteiger partial charge is 0.333 e. The number of nitriles is 1. The monoisotopic (exact) mass is 379 g/mol. The lowest BCUT2D eigenvalue weighted by atomic mass is 9.95. The average Bonchev–Trinajstić information content (AvgIpc) is 2.96. The van der Waals surface area contributed by atoms with Gasteiger partial charge in [0.05, 0.1) is 5.56 Å². The molecule has 1 atom stereocenters. The van der Waals surface area contributed by atoms with Gasteiger partial charge in [-0.15, -0.1) is 0 Å². The Morgan fingerprint density at radius 2 is 1.93 bits per heavy atom. The Bertz CT molecular complexity index is 857. The van der Waals surface area contributed by atoms with E-state index in [1.807, 2.05) is 30.4 Å². The number of carbonyl (C=O) groups is 1. The lowest BCUT2D eigenvalue weighted by Gasteiger charge is -2.27. The third-order valence-corrected chi connectivity index (χ3v) is 6.05. The highest BCUT2D eigenvalue weighted by Crippen LogP contribution is 2.36. The molecule has 0 radical (unpaired) electrons. The summed E-state index contributed by atoms with van der Waals surface area (Å²) in [5.41, 5.74) is 3.88. The van der Waals surface area contributed by atoms with Gasteiger partial charge in [-0.1, -0.05) is 49.6 Å². The summed E-state index contributed by atoms with van der Waals surface area (Å²) in [4.78, 5) is 12.7. The minimum atomic E-state index is -0.0613. The molecule has 1 aliphatic rings. The van der Waals surface area contributed by atoms with Gasteiger partial charge < -0.3 is 15.2 Å². The predicted octanol–water partition coefficient (Wildman–Crippen LogP) is 3.74. The molecule has 1 heterocycles. The van der Waals surface area contributed by atoms with Crippen molar-refractivity contribution in [2.24, 2.45) is 0 Å². The molecule has 3 rings (SSSR count). The van der Waals surface area contributed by atoms with Gasteiger partial charge in [-0.25, -0.2) is 0 Å². The molecule has 0 bridgehead atoms. The summed E-state index contributed by atoms with van der Waals surface area (Å²) in [5.74, 6) is 0.629. The fraction of sp³-hybridized carbons (Fsp3) is 0.478. The highest BCUT2D eigenvalue weighted by Gasteiger charge is 2.26. The molecular formula is C23H31N4O+. The number of benzene rings is 1. The summed E-state index contributed by atoms with van der Waals surface area (Å²) in [6, 6.07) is 13.1. The fourth-order valence-corrected chi connectivity index (χ4v) is 4.24. The zero-order valence-electron chi connectivity index (χ0n) is 17.2. The Balaban J connectivity index is 1.74. The number of nitrogens with zero attached hydrogens (tertiary/aromatic N) is 2. The number of quaternary nitrogens is 1. The van der Waals surface area contributed by atoms with Crippen LogP contribution in [0.15, 0.2) is 30.3 Å². The first-order valence-corrected chi connectivity index (χ1v) is 10.3. The molecule has 1 fully saturated rings. The van der Waals surface area contributed by atoms with E-state index in [-0.39, 0.29) is 11.9 Å². The first kappa shape index (κ1) is 20.2. The van der Waals surface area contributed by atoms with Crippen LogP contribution in [-0.4, -0.2) is 17.0 Å². The smallest absolute Gasteiger partial charge is 0.280 e. The SMILES string of the molecule is Cc1c(C#N)c(NC(=O)C[NH2+][C@H](C)c2ccccc2)n(C2CCCCC2)c1C. The lowest BCUT2D eigenvalue weighted by Crippen LogP contribution is -2.86. The van der Waals surface area contributed by atoms with Gasteiger partial charge >= 0.3 is 0 Å². The van der Waals surface area contributed by atoms with Crippen molar-refractivity contribution >= 4 is 11.7 Å². The molecular weight excluding hydrogens is 348 g/mol. The van der Waals surface area contributed by atoms with Gasteiger partial charge in [0.2, 0.25) is 0 Å². The Kier molecular flexibility index (Phi) is 6.53. The van der Waals surface area contributed by atoms with Gasteiger partial charge in [0.25, 0.3) is 5.91 Å². The maximum atomic E-state index is 12.7. The van der Waals surface area contributed by atoms with Crippen LogP contribution in [0.4, 0.5) is 5.82 Å². The van der Waals surface area contributed by atoms with Crippen LogP contribution in [0.5, 0.6) is 0 Å². The van der Waals surface area contributed by atoms with Crippen molar-refractivity contribution < 1.29 is 10.1 Å². The second-order valence-electron chi connectivity index (χ2n) is 7.90. The molecule has 1 saturated carbocycles. The van der Waals surface area contributed by atoms with E-state index in [1.54, 1.807) is 0 Å². The van der Waals surface area contributed by atoms with Crippen LogP contribution in [-0.2, 0) is 4.79 Å². The number of anilines is 1. The Labute approximate surface area is 167 Å². The summed E-state index contributed by atoms with van der Waals surface area (Å²) in [5, 5.41) is 14.8. The first-order chi connectivity index (χ1) is 13.5. The zero-order valence-corrected chi connectivity index (χ0v) is 17.2. The quantitative estimate of drug-likeness (QED) is 0.802. The van der Waals surface area contributed by atoms with E-state index < -0.39 is 0 Å². The molecule has 1 aromatic carbocycles. The topological polar surface area (TPSA) is 74.4 Å². The summed E-state index contributed by atoms with van der Waals surface area (Å²) in [7, 11) is 0. The molecule has 1 aliphatic carbocycles. The van der Waals surface area contributed by atoms with Crippen molar-refractivity contribution in [1.82, 2.24) is 4.57 Å². The van der Waals surface area contributed by atoms with E-state index in [0.29, 0.717) is 24.0 Å². The van der Waals surface area contributed by atoms with Gasteiger partial charge in [0.1, 0.15) is 17.9 Å².